The number of aliphatic imine (C=N–C) groups is 1. The van der Waals surface area contributed by atoms with Crippen LogP contribution in [0.2, 0.25) is 5.02 Å². The van der Waals surface area contributed by atoms with E-state index in [4.69, 9.17) is 11.6 Å². The fourth-order valence-corrected chi connectivity index (χ4v) is 2.79. The molecule has 0 saturated carbocycles. The molecule has 0 aliphatic heterocycles. The molecule has 0 amide bonds. The zero-order valence-corrected chi connectivity index (χ0v) is 13.7. The van der Waals surface area contributed by atoms with E-state index in [0.717, 1.165) is 12.1 Å². The average Bonchev–Trinajstić information content (AvgIpc) is 2.45. The Morgan fingerprint density at radius 1 is 1.36 bits per heavy atom. The van der Waals surface area contributed by atoms with Gasteiger partial charge in [-0.05, 0) is 31.6 Å². The summed E-state index contributed by atoms with van der Waals surface area (Å²) < 4.78 is 0. The van der Waals surface area contributed by atoms with E-state index in [1.54, 1.807) is 6.07 Å². The Kier molecular flexibility index (Phi) is 5.75. The number of hydrogen-bond acceptors (Lipinski definition) is 4. The van der Waals surface area contributed by atoms with Crippen LogP contribution in [-0.4, -0.2) is 49.2 Å². The summed E-state index contributed by atoms with van der Waals surface area (Å²) in [5.74, 6) is -0.0443. The van der Waals surface area contributed by atoms with Gasteiger partial charge >= 0.3 is 0 Å². The summed E-state index contributed by atoms with van der Waals surface area (Å²) in [4.78, 5) is 18.5. The highest BCUT2D eigenvalue weighted by molar-refractivity contribution is 6.31. The fourth-order valence-electron chi connectivity index (χ4n) is 2.50. The normalized spacial score (nSPS) is 19.5. The molecule has 0 radical (unpaired) electrons. The van der Waals surface area contributed by atoms with Crippen molar-refractivity contribution in [2.45, 2.75) is 18.8 Å². The van der Waals surface area contributed by atoms with Crippen LogP contribution in [0.5, 0.6) is 0 Å². The van der Waals surface area contributed by atoms with Gasteiger partial charge in [-0.2, -0.15) is 0 Å². The summed E-state index contributed by atoms with van der Waals surface area (Å²) in [6.45, 7) is 1.41. The Balaban J connectivity index is 2.11. The van der Waals surface area contributed by atoms with Gasteiger partial charge in [0.2, 0.25) is 0 Å². The van der Waals surface area contributed by atoms with Crippen LogP contribution in [0.4, 0.5) is 0 Å². The third-order valence-electron chi connectivity index (χ3n) is 3.72. The molecule has 22 heavy (non-hydrogen) atoms. The van der Waals surface area contributed by atoms with Gasteiger partial charge in [-0.15, -0.1) is 0 Å². The van der Waals surface area contributed by atoms with Crippen molar-refractivity contribution < 1.29 is 9.90 Å². The van der Waals surface area contributed by atoms with Gasteiger partial charge in [-0.1, -0.05) is 29.8 Å². The van der Waals surface area contributed by atoms with Gasteiger partial charge in [0.15, 0.2) is 5.78 Å². The summed E-state index contributed by atoms with van der Waals surface area (Å²) >= 11 is 6.18. The van der Waals surface area contributed by atoms with E-state index in [0.29, 0.717) is 30.0 Å². The lowest BCUT2D eigenvalue weighted by Crippen LogP contribution is -2.20. The lowest BCUT2D eigenvalue weighted by Gasteiger charge is -2.23. The molecule has 1 N–H and O–H groups in total. The summed E-state index contributed by atoms with van der Waals surface area (Å²) in [6.07, 6.45) is 2.28. The number of aliphatic hydroxyl groups is 1. The molecular weight excluding hydrogens is 300 g/mol. The maximum absolute atomic E-state index is 12.3. The van der Waals surface area contributed by atoms with Crippen LogP contribution in [0.15, 0.2) is 40.6 Å². The van der Waals surface area contributed by atoms with Gasteiger partial charge in [0.05, 0.1) is 12.1 Å². The van der Waals surface area contributed by atoms with Crippen LogP contribution >= 0.6 is 11.6 Å². The second kappa shape index (κ2) is 7.56. The van der Waals surface area contributed by atoms with E-state index in [2.05, 4.69) is 4.99 Å². The van der Waals surface area contributed by atoms with E-state index in [1.165, 1.54) is 6.21 Å². The first-order valence-corrected chi connectivity index (χ1v) is 7.71. The Morgan fingerprint density at radius 2 is 2.09 bits per heavy atom. The van der Waals surface area contributed by atoms with E-state index in [1.807, 2.05) is 37.2 Å². The highest BCUT2D eigenvalue weighted by Gasteiger charge is 2.28. The number of allylic oxidation sites excluding steroid dienone is 2. The van der Waals surface area contributed by atoms with Crippen molar-refractivity contribution in [1.29, 1.82) is 0 Å². The number of carbonyl (C=O) groups is 1. The molecule has 0 heterocycles. The first-order chi connectivity index (χ1) is 10.5. The second-order valence-electron chi connectivity index (χ2n) is 5.75. The van der Waals surface area contributed by atoms with Crippen molar-refractivity contribution in [3.05, 3.63) is 46.2 Å². The van der Waals surface area contributed by atoms with Crippen molar-refractivity contribution in [2.24, 2.45) is 4.99 Å². The maximum atomic E-state index is 12.3. The molecule has 0 spiro atoms. The molecule has 0 saturated heterocycles. The molecular formula is C17H21ClN2O2. The molecule has 0 aromatic heterocycles. The Hall–Kier alpha value is -1.65. The zero-order valence-electron chi connectivity index (χ0n) is 12.9. The number of hydrogen-bond donors (Lipinski definition) is 1. The predicted octanol–water partition coefficient (Wildman–Crippen LogP) is 3.23. The maximum Gasteiger partial charge on any atom is 0.168 e. The van der Waals surface area contributed by atoms with E-state index < -0.39 is 0 Å². The Morgan fingerprint density at radius 3 is 2.73 bits per heavy atom. The standard InChI is InChI=1S/C17H21ClN2O2/c1-20(2)8-7-19-11-14-16(21)9-12(10-17(14)22)13-5-3-4-6-15(13)18/h3-6,11-12,21H,7-10H2,1-2H3. The molecule has 1 aromatic rings. The molecule has 2 rings (SSSR count). The van der Waals surface area contributed by atoms with Crippen molar-refractivity contribution in [1.82, 2.24) is 4.90 Å². The van der Waals surface area contributed by atoms with Crippen molar-refractivity contribution in [2.75, 3.05) is 27.2 Å². The predicted molar refractivity (Wildman–Crippen MR) is 90.0 cm³/mol. The molecule has 0 fully saturated rings. The number of benzene rings is 1. The highest BCUT2D eigenvalue weighted by Crippen LogP contribution is 2.36. The first-order valence-electron chi connectivity index (χ1n) is 7.33. The molecule has 1 aliphatic carbocycles. The zero-order chi connectivity index (χ0) is 16.1. The van der Waals surface area contributed by atoms with Crippen LogP contribution < -0.4 is 0 Å². The van der Waals surface area contributed by atoms with Crippen LogP contribution in [-0.2, 0) is 4.79 Å². The number of aliphatic hydroxyl groups excluding tert-OH is 1. The van der Waals surface area contributed by atoms with Crippen LogP contribution in [0.3, 0.4) is 0 Å². The molecule has 1 aromatic carbocycles. The van der Waals surface area contributed by atoms with Crippen LogP contribution in [0, 0.1) is 0 Å². The first kappa shape index (κ1) is 16.7. The minimum absolute atomic E-state index is 0.0693. The lowest BCUT2D eigenvalue weighted by molar-refractivity contribution is -0.116. The number of Topliss-reactive ketones (excluding diaryl/α,β-unsaturated/α-hetero) is 1. The van der Waals surface area contributed by atoms with Crippen molar-refractivity contribution in [3.63, 3.8) is 0 Å². The second-order valence-corrected chi connectivity index (χ2v) is 6.16. The topological polar surface area (TPSA) is 52.9 Å². The number of ketones is 1. The van der Waals surface area contributed by atoms with Crippen LogP contribution in [0.25, 0.3) is 0 Å². The summed E-state index contributed by atoms with van der Waals surface area (Å²) in [6, 6.07) is 7.46. The third-order valence-corrected chi connectivity index (χ3v) is 4.07. The number of likely N-dealkylation sites (N-methyl/N-ethyl adjacent to an activating group) is 1. The average molecular weight is 321 g/mol. The third kappa shape index (κ3) is 4.18. The summed E-state index contributed by atoms with van der Waals surface area (Å²) in [5, 5.41) is 10.8. The quantitative estimate of drug-likeness (QED) is 0.847. The minimum Gasteiger partial charge on any atom is -0.511 e. The largest absolute Gasteiger partial charge is 0.511 e. The van der Waals surface area contributed by atoms with Gasteiger partial charge in [0.1, 0.15) is 5.76 Å². The van der Waals surface area contributed by atoms with E-state index in [9.17, 15) is 9.90 Å². The van der Waals surface area contributed by atoms with Crippen LogP contribution in [0.1, 0.15) is 24.3 Å². The molecule has 1 unspecified atom stereocenters. The number of halogens is 1. The molecule has 4 nitrogen and oxygen atoms in total. The lowest BCUT2D eigenvalue weighted by atomic mass is 9.83. The summed E-state index contributed by atoms with van der Waals surface area (Å²) in [7, 11) is 3.93. The molecule has 1 atom stereocenters. The smallest absolute Gasteiger partial charge is 0.168 e. The van der Waals surface area contributed by atoms with Gasteiger partial charge < -0.3 is 10.0 Å². The van der Waals surface area contributed by atoms with E-state index >= 15 is 0 Å². The van der Waals surface area contributed by atoms with Gasteiger partial charge in [0, 0.05) is 30.6 Å². The SMILES string of the molecule is CN(C)CCN=CC1=C(O)CC(c2ccccc2Cl)CC1=O. The number of carbonyl (C=O) groups excluding carboxylic acids is 1. The molecule has 0 bridgehead atoms. The van der Waals surface area contributed by atoms with Gasteiger partial charge in [-0.3, -0.25) is 9.79 Å². The summed E-state index contributed by atoms with van der Waals surface area (Å²) in [5.41, 5.74) is 1.25. The van der Waals surface area contributed by atoms with Gasteiger partial charge in [-0.25, -0.2) is 0 Å². The Bertz CT molecular complexity index is 608. The monoisotopic (exact) mass is 320 g/mol. The number of nitrogens with zero attached hydrogens (tertiary/aromatic N) is 2. The molecule has 1 aliphatic rings. The van der Waals surface area contributed by atoms with Crippen molar-refractivity contribution >= 4 is 23.6 Å². The number of rotatable bonds is 5. The highest BCUT2D eigenvalue weighted by atomic mass is 35.5. The van der Waals surface area contributed by atoms with Crippen molar-refractivity contribution in [3.8, 4) is 0 Å². The molecule has 118 valence electrons. The minimum atomic E-state index is -0.0812. The Labute approximate surface area is 136 Å². The molecule has 5 heteroatoms. The van der Waals surface area contributed by atoms with E-state index in [-0.39, 0.29) is 17.5 Å². The fraction of sp³-hybridized carbons (Fsp3) is 0.412. The van der Waals surface area contributed by atoms with Gasteiger partial charge in [0.25, 0.3) is 0 Å².